The summed E-state index contributed by atoms with van der Waals surface area (Å²) in [5.74, 6) is -0.669. The number of hydrogen-bond acceptors (Lipinski definition) is 3. The van der Waals surface area contributed by atoms with E-state index in [4.69, 9.17) is 0 Å². The van der Waals surface area contributed by atoms with Gasteiger partial charge in [-0.2, -0.15) is 0 Å². The van der Waals surface area contributed by atoms with Crippen molar-refractivity contribution in [2.75, 3.05) is 7.11 Å². The van der Waals surface area contributed by atoms with Crippen LogP contribution in [-0.4, -0.2) is 13.1 Å². The molecule has 5 heteroatoms. The quantitative estimate of drug-likeness (QED) is 0.589. The summed E-state index contributed by atoms with van der Waals surface area (Å²) >= 11 is 3.32. The van der Waals surface area contributed by atoms with Gasteiger partial charge in [0.15, 0.2) is 0 Å². The number of thiophene rings is 1. The third kappa shape index (κ3) is 1.85. The maximum Gasteiger partial charge on any atom is 0.349 e. The van der Waals surface area contributed by atoms with Crippen LogP contribution < -0.4 is 0 Å². The summed E-state index contributed by atoms with van der Waals surface area (Å²) in [7, 11) is 1.34. The first-order chi connectivity index (χ1) is 7.13. The zero-order valence-electron chi connectivity index (χ0n) is 7.71. The fourth-order valence-corrected chi connectivity index (χ4v) is 3.50. The lowest BCUT2D eigenvalue weighted by Gasteiger charge is -1.94. The number of benzene rings is 1. The van der Waals surface area contributed by atoms with Crippen LogP contribution in [0.15, 0.2) is 18.2 Å². The topological polar surface area (TPSA) is 26.3 Å². The molecule has 78 valence electrons. The van der Waals surface area contributed by atoms with E-state index >= 15 is 0 Å². The van der Waals surface area contributed by atoms with E-state index < -0.39 is 0 Å². The number of esters is 1. The molecule has 1 aromatic carbocycles. The standard InChI is InChI=1S/C10H6FIO2S/c1-14-10(13)9-8(12)6-3-2-5(11)4-7(6)15-9/h2-4H,1H3. The van der Waals surface area contributed by atoms with Crippen LogP contribution in [0.5, 0.6) is 0 Å². The van der Waals surface area contributed by atoms with Gasteiger partial charge in [-0.3, -0.25) is 0 Å². The normalized spacial score (nSPS) is 10.6. The van der Waals surface area contributed by atoms with Crippen LogP contribution in [0.4, 0.5) is 4.39 Å². The van der Waals surface area contributed by atoms with Gasteiger partial charge in [0.05, 0.1) is 7.11 Å². The molecule has 2 rings (SSSR count). The van der Waals surface area contributed by atoms with Crippen LogP contribution in [0.2, 0.25) is 0 Å². The molecule has 0 saturated heterocycles. The molecule has 0 aliphatic heterocycles. The lowest BCUT2D eigenvalue weighted by atomic mass is 10.2. The Labute approximate surface area is 103 Å². The first kappa shape index (κ1) is 10.8. The van der Waals surface area contributed by atoms with E-state index in [2.05, 4.69) is 27.3 Å². The lowest BCUT2D eigenvalue weighted by Crippen LogP contribution is -1.99. The minimum atomic E-state index is -0.374. The smallest absolute Gasteiger partial charge is 0.349 e. The summed E-state index contributed by atoms with van der Waals surface area (Å²) in [6, 6.07) is 4.49. The number of rotatable bonds is 1. The van der Waals surface area contributed by atoms with E-state index in [-0.39, 0.29) is 11.8 Å². The molecule has 0 aliphatic rings. The molecule has 2 nitrogen and oxygen atoms in total. The maximum atomic E-state index is 12.9. The summed E-state index contributed by atoms with van der Waals surface area (Å²) < 4.78 is 19.2. The summed E-state index contributed by atoms with van der Waals surface area (Å²) in [5, 5.41) is 0.891. The molecule has 0 N–H and O–H groups in total. The Morgan fingerprint density at radius 1 is 1.53 bits per heavy atom. The Bertz CT molecular complexity index is 535. The van der Waals surface area contributed by atoms with E-state index in [0.717, 1.165) is 13.7 Å². The molecule has 15 heavy (non-hydrogen) atoms. The molecule has 0 amide bonds. The second-order valence-electron chi connectivity index (χ2n) is 2.88. The second-order valence-corrected chi connectivity index (χ2v) is 5.01. The van der Waals surface area contributed by atoms with Gasteiger partial charge >= 0.3 is 5.97 Å². The zero-order chi connectivity index (χ0) is 11.0. The number of hydrogen-bond donors (Lipinski definition) is 0. The summed E-state index contributed by atoms with van der Waals surface area (Å²) in [5.41, 5.74) is 0. The molecule has 1 aromatic heterocycles. The van der Waals surface area contributed by atoms with Gasteiger partial charge in [0.2, 0.25) is 0 Å². The Hall–Kier alpha value is -0.690. The maximum absolute atomic E-state index is 12.9. The van der Waals surface area contributed by atoms with Crippen molar-refractivity contribution in [1.82, 2.24) is 0 Å². The average Bonchev–Trinajstić information content (AvgIpc) is 2.54. The molecule has 0 saturated carbocycles. The lowest BCUT2D eigenvalue weighted by molar-refractivity contribution is 0.0605. The Morgan fingerprint density at radius 3 is 2.93 bits per heavy atom. The third-order valence-electron chi connectivity index (χ3n) is 1.96. The fraction of sp³-hybridized carbons (Fsp3) is 0.100. The minimum absolute atomic E-state index is 0.295. The molecule has 0 aliphatic carbocycles. The van der Waals surface area contributed by atoms with Gasteiger partial charge in [-0.25, -0.2) is 9.18 Å². The molecule has 0 fully saturated rings. The highest BCUT2D eigenvalue weighted by Crippen LogP contribution is 2.33. The highest BCUT2D eigenvalue weighted by atomic mass is 127. The van der Waals surface area contributed by atoms with E-state index in [0.29, 0.717) is 4.88 Å². The molecule has 0 spiro atoms. The average molecular weight is 336 g/mol. The Kier molecular flexibility index (Phi) is 2.92. The van der Waals surface area contributed by atoms with Gasteiger partial charge in [-0.15, -0.1) is 11.3 Å². The van der Waals surface area contributed by atoms with Crippen molar-refractivity contribution in [3.8, 4) is 0 Å². The summed E-state index contributed by atoms with van der Waals surface area (Å²) in [6.07, 6.45) is 0. The highest BCUT2D eigenvalue weighted by Gasteiger charge is 2.16. The third-order valence-corrected chi connectivity index (χ3v) is 4.58. The van der Waals surface area contributed by atoms with E-state index in [1.807, 2.05) is 0 Å². The van der Waals surface area contributed by atoms with Gasteiger partial charge in [-0.05, 0) is 40.8 Å². The van der Waals surface area contributed by atoms with E-state index in [1.165, 1.54) is 30.6 Å². The number of halogens is 2. The van der Waals surface area contributed by atoms with E-state index in [1.54, 1.807) is 6.07 Å². The zero-order valence-corrected chi connectivity index (χ0v) is 10.7. The first-order valence-electron chi connectivity index (χ1n) is 4.09. The van der Waals surface area contributed by atoms with Crippen molar-refractivity contribution in [3.63, 3.8) is 0 Å². The number of fused-ring (bicyclic) bond motifs is 1. The molecule has 2 aromatic rings. The van der Waals surface area contributed by atoms with Crippen molar-refractivity contribution >= 4 is 50.0 Å². The van der Waals surface area contributed by atoms with Crippen molar-refractivity contribution < 1.29 is 13.9 Å². The van der Waals surface area contributed by atoms with Crippen molar-refractivity contribution in [2.45, 2.75) is 0 Å². The summed E-state index contributed by atoms with van der Waals surface area (Å²) in [4.78, 5) is 11.9. The summed E-state index contributed by atoms with van der Waals surface area (Å²) in [6.45, 7) is 0. The van der Waals surface area contributed by atoms with Gasteiger partial charge < -0.3 is 4.74 Å². The highest BCUT2D eigenvalue weighted by molar-refractivity contribution is 14.1. The number of methoxy groups -OCH3 is 1. The van der Waals surface area contributed by atoms with Crippen LogP contribution in [0, 0.1) is 9.39 Å². The molecule has 0 bridgehead atoms. The second kappa shape index (κ2) is 4.05. The van der Waals surface area contributed by atoms with Crippen LogP contribution in [-0.2, 0) is 4.74 Å². The molecule has 0 unspecified atom stereocenters. The van der Waals surface area contributed by atoms with Crippen LogP contribution in [0.25, 0.3) is 10.1 Å². The Balaban J connectivity index is 2.69. The number of carbonyl (C=O) groups is 1. The van der Waals surface area contributed by atoms with Crippen LogP contribution in [0.3, 0.4) is 0 Å². The van der Waals surface area contributed by atoms with Gasteiger partial charge in [-0.1, -0.05) is 0 Å². The fourth-order valence-electron chi connectivity index (χ4n) is 1.26. The predicted octanol–water partition coefficient (Wildman–Crippen LogP) is 3.43. The van der Waals surface area contributed by atoms with Crippen molar-refractivity contribution in [3.05, 3.63) is 32.5 Å². The predicted molar refractivity (Wildman–Crippen MR) is 65.8 cm³/mol. The SMILES string of the molecule is COC(=O)c1sc2cc(F)ccc2c1I. The minimum Gasteiger partial charge on any atom is -0.465 e. The number of carbonyl (C=O) groups excluding carboxylic acids is 1. The first-order valence-corrected chi connectivity index (χ1v) is 5.99. The molecule has 0 atom stereocenters. The molecule has 1 heterocycles. The Morgan fingerprint density at radius 2 is 2.27 bits per heavy atom. The molecule has 0 radical (unpaired) electrons. The van der Waals surface area contributed by atoms with Gasteiger partial charge in [0, 0.05) is 13.7 Å². The van der Waals surface area contributed by atoms with Crippen molar-refractivity contribution in [1.29, 1.82) is 0 Å². The monoisotopic (exact) mass is 336 g/mol. The van der Waals surface area contributed by atoms with Crippen LogP contribution >= 0.6 is 33.9 Å². The largest absolute Gasteiger partial charge is 0.465 e. The van der Waals surface area contributed by atoms with Crippen LogP contribution in [0.1, 0.15) is 9.67 Å². The molecular formula is C10H6FIO2S. The number of ether oxygens (including phenoxy) is 1. The van der Waals surface area contributed by atoms with Gasteiger partial charge in [0.25, 0.3) is 0 Å². The van der Waals surface area contributed by atoms with Crippen molar-refractivity contribution in [2.24, 2.45) is 0 Å². The van der Waals surface area contributed by atoms with Gasteiger partial charge in [0.1, 0.15) is 10.7 Å². The molecular weight excluding hydrogens is 330 g/mol. The van der Waals surface area contributed by atoms with E-state index in [9.17, 15) is 9.18 Å².